The monoisotopic (exact) mass is 415 g/mol. The summed E-state index contributed by atoms with van der Waals surface area (Å²) in [5.74, 6) is 0.0256. The molecule has 0 saturated carbocycles. The van der Waals surface area contributed by atoms with Gasteiger partial charge in [-0.3, -0.25) is 9.59 Å². The third-order valence-electron chi connectivity index (χ3n) is 5.66. The van der Waals surface area contributed by atoms with Crippen molar-refractivity contribution < 1.29 is 14.3 Å². The van der Waals surface area contributed by atoms with Crippen LogP contribution >= 0.6 is 0 Å². The zero-order valence-corrected chi connectivity index (χ0v) is 17.2. The molecule has 6 heteroatoms. The maximum absolute atomic E-state index is 12.7. The lowest BCUT2D eigenvalue weighted by molar-refractivity contribution is -0.605. The molecular weight excluding hydrogens is 390 g/mol. The van der Waals surface area contributed by atoms with Crippen LogP contribution in [0.1, 0.15) is 33.6 Å². The molecular formula is C25H25N3O3. The maximum atomic E-state index is 12.7. The van der Waals surface area contributed by atoms with E-state index in [0.29, 0.717) is 35.5 Å². The Balaban J connectivity index is 1.31. The largest absolute Gasteiger partial charge is 0.619 e. The van der Waals surface area contributed by atoms with Crippen molar-refractivity contribution >= 4 is 11.8 Å². The Bertz CT molecular complexity index is 1030. The van der Waals surface area contributed by atoms with Gasteiger partial charge >= 0.3 is 0 Å². The van der Waals surface area contributed by atoms with Crippen LogP contribution in [0.15, 0.2) is 79.1 Å². The first-order valence-electron chi connectivity index (χ1n) is 10.5. The Morgan fingerprint density at radius 1 is 0.935 bits per heavy atom. The second-order valence-corrected chi connectivity index (χ2v) is 7.86. The second-order valence-electron chi connectivity index (χ2n) is 7.86. The van der Waals surface area contributed by atoms with E-state index in [0.717, 1.165) is 24.0 Å². The van der Waals surface area contributed by atoms with Gasteiger partial charge in [0.2, 0.25) is 0 Å². The molecule has 2 amide bonds. The lowest BCUT2D eigenvalue weighted by Crippen LogP contribution is -2.43. The van der Waals surface area contributed by atoms with Gasteiger partial charge in [-0.2, -0.15) is 4.73 Å². The third kappa shape index (κ3) is 5.09. The number of nitrogens with one attached hydrogen (secondary N) is 1. The number of piperidine rings is 1. The van der Waals surface area contributed by atoms with Gasteiger partial charge in [-0.25, -0.2) is 0 Å². The first-order valence-corrected chi connectivity index (χ1v) is 10.5. The topological polar surface area (TPSA) is 76.4 Å². The van der Waals surface area contributed by atoms with Gasteiger partial charge in [0.05, 0.1) is 5.56 Å². The van der Waals surface area contributed by atoms with Gasteiger partial charge in [0.1, 0.15) is 0 Å². The average Bonchev–Trinajstić information content (AvgIpc) is 2.83. The zero-order valence-electron chi connectivity index (χ0n) is 17.2. The summed E-state index contributed by atoms with van der Waals surface area (Å²) in [6.45, 7) is 1.81. The Hall–Kier alpha value is -3.67. The molecule has 1 aromatic heterocycles. The molecule has 1 saturated heterocycles. The molecule has 0 spiro atoms. The molecule has 4 rings (SSSR count). The molecule has 2 aromatic carbocycles. The fraction of sp³-hybridized carbons (Fsp3) is 0.240. The van der Waals surface area contributed by atoms with Crippen molar-refractivity contribution in [3.8, 4) is 11.1 Å². The maximum Gasteiger partial charge on any atom is 0.254 e. The van der Waals surface area contributed by atoms with Crippen LogP contribution in [-0.2, 0) is 0 Å². The van der Waals surface area contributed by atoms with E-state index >= 15 is 0 Å². The fourth-order valence-electron chi connectivity index (χ4n) is 3.94. The molecule has 158 valence electrons. The van der Waals surface area contributed by atoms with Crippen molar-refractivity contribution in [3.63, 3.8) is 0 Å². The fourth-order valence-corrected chi connectivity index (χ4v) is 3.94. The molecule has 1 aliphatic heterocycles. The highest BCUT2D eigenvalue weighted by molar-refractivity contribution is 5.95. The molecule has 1 fully saturated rings. The zero-order chi connectivity index (χ0) is 21.6. The standard InChI is InChI=1S/C25H25N3O3/c29-24(22-10-8-21(9-11-22)20-6-2-1-3-7-20)26-17-19-5-4-14-27(18-19)25(30)23-12-15-28(31)16-13-23/h1-3,6-13,15-16,19H,4-5,14,17-18H2,(H,26,29). The second kappa shape index (κ2) is 9.43. The summed E-state index contributed by atoms with van der Waals surface area (Å²) in [6.07, 6.45) is 4.52. The highest BCUT2D eigenvalue weighted by Crippen LogP contribution is 2.20. The summed E-state index contributed by atoms with van der Waals surface area (Å²) in [4.78, 5) is 27.1. The summed E-state index contributed by atoms with van der Waals surface area (Å²) >= 11 is 0. The van der Waals surface area contributed by atoms with Crippen molar-refractivity contribution in [1.82, 2.24) is 10.2 Å². The number of benzene rings is 2. The number of carbonyl (C=O) groups is 2. The van der Waals surface area contributed by atoms with Gasteiger partial charge in [0.15, 0.2) is 12.4 Å². The number of aromatic nitrogens is 1. The van der Waals surface area contributed by atoms with Gasteiger partial charge < -0.3 is 15.4 Å². The van der Waals surface area contributed by atoms with Crippen LogP contribution in [0.5, 0.6) is 0 Å². The minimum atomic E-state index is -0.105. The smallest absolute Gasteiger partial charge is 0.254 e. The summed E-state index contributed by atoms with van der Waals surface area (Å²) in [5.41, 5.74) is 3.32. The Morgan fingerprint density at radius 2 is 1.61 bits per heavy atom. The van der Waals surface area contributed by atoms with Gasteiger partial charge in [-0.15, -0.1) is 0 Å². The van der Waals surface area contributed by atoms with Crippen molar-refractivity contribution in [2.24, 2.45) is 5.92 Å². The van der Waals surface area contributed by atoms with Crippen molar-refractivity contribution in [2.75, 3.05) is 19.6 Å². The quantitative estimate of drug-likeness (QED) is 0.513. The van der Waals surface area contributed by atoms with Gasteiger partial charge in [0.25, 0.3) is 11.8 Å². The average molecular weight is 415 g/mol. The highest BCUT2D eigenvalue weighted by Gasteiger charge is 2.25. The number of likely N-dealkylation sites (tertiary alicyclic amines) is 1. The molecule has 0 aliphatic carbocycles. The molecule has 2 heterocycles. The molecule has 1 aliphatic rings. The van der Waals surface area contributed by atoms with E-state index in [9.17, 15) is 14.8 Å². The predicted molar refractivity (Wildman–Crippen MR) is 118 cm³/mol. The van der Waals surface area contributed by atoms with Crippen LogP contribution in [0.3, 0.4) is 0 Å². The SMILES string of the molecule is O=C(NCC1CCCN(C(=O)c2cc[n+]([O-])cc2)C1)c1ccc(-c2ccccc2)cc1. The molecule has 31 heavy (non-hydrogen) atoms. The Labute approximate surface area is 181 Å². The number of hydrogen-bond acceptors (Lipinski definition) is 3. The number of rotatable bonds is 5. The molecule has 0 radical (unpaired) electrons. The summed E-state index contributed by atoms with van der Waals surface area (Å²) in [6, 6.07) is 20.7. The van der Waals surface area contributed by atoms with E-state index in [4.69, 9.17) is 0 Å². The molecule has 1 atom stereocenters. The van der Waals surface area contributed by atoms with E-state index in [2.05, 4.69) is 5.32 Å². The van der Waals surface area contributed by atoms with E-state index in [1.807, 2.05) is 54.6 Å². The normalized spacial score (nSPS) is 16.0. The van der Waals surface area contributed by atoms with Crippen LogP contribution < -0.4 is 10.0 Å². The number of nitrogens with zero attached hydrogens (tertiary/aromatic N) is 2. The van der Waals surface area contributed by atoms with Gasteiger partial charge in [-0.1, -0.05) is 42.5 Å². The minimum absolute atomic E-state index is 0.0758. The minimum Gasteiger partial charge on any atom is -0.619 e. The summed E-state index contributed by atoms with van der Waals surface area (Å²) < 4.78 is 0.664. The van der Waals surface area contributed by atoms with Crippen LogP contribution in [0.2, 0.25) is 0 Å². The number of amides is 2. The third-order valence-corrected chi connectivity index (χ3v) is 5.66. The van der Waals surface area contributed by atoms with Gasteiger partial charge in [0, 0.05) is 37.3 Å². The molecule has 1 unspecified atom stereocenters. The summed E-state index contributed by atoms with van der Waals surface area (Å²) in [5, 5.41) is 14.2. The van der Waals surface area contributed by atoms with E-state index < -0.39 is 0 Å². The highest BCUT2D eigenvalue weighted by atomic mass is 16.5. The van der Waals surface area contributed by atoms with Crippen LogP contribution in [0, 0.1) is 11.1 Å². The summed E-state index contributed by atoms with van der Waals surface area (Å²) in [7, 11) is 0. The molecule has 6 nitrogen and oxygen atoms in total. The van der Waals surface area contributed by atoms with Gasteiger partial charge in [-0.05, 0) is 42.0 Å². The number of carbonyl (C=O) groups excluding carboxylic acids is 2. The number of hydrogen-bond donors (Lipinski definition) is 1. The predicted octanol–water partition coefficient (Wildman–Crippen LogP) is 3.27. The Kier molecular flexibility index (Phi) is 6.26. The lowest BCUT2D eigenvalue weighted by Gasteiger charge is -2.32. The van der Waals surface area contributed by atoms with E-state index in [1.165, 1.54) is 12.4 Å². The van der Waals surface area contributed by atoms with Crippen LogP contribution in [-0.4, -0.2) is 36.3 Å². The van der Waals surface area contributed by atoms with E-state index in [1.54, 1.807) is 17.0 Å². The van der Waals surface area contributed by atoms with Crippen LogP contribution in [0.4, 0.5) is 0 Å². The van der Waals surface area contributed by atoms with Crippen molar-refractivity contribution in [3.05, 3.63) is 95.5 Å². The first kappa shape index (κ1) is 20.6. The lowest BCUT2D eigenvalue weighted by atomic mass is 9.97. The molecule has 1 N–H and O–H groups in total. The first-order chi connectivity index (χ1) is 15.1. The van der Waals surface area contributed by atoms with Crippen molar-refractivity contribution in [2.45, 2.75) is 12.8 Å². The number of pyridine rings is 1. The Morgan fingerprint density at radius 3 is 2.32 bits per heavy atom. The van der Waals surface area contributed by atoms with E-state index in [-0.39, 0.29) is 17.7 Å². The van der Waals surface area contributed by atoms with Crippen LogP contribution in [0.25, 0.3) is 11.1 Å². The molecule has 3 aromatic rings. The molecule has 0 bridgehead atoms. The van der Waals surface area contributed by atoms with Crippen molar-refractivity contribution in [1.29, 1.82) is 0 Å².